The van der Waals surface area contributed by atoms with Gasteiger partial charge in [-0.05, 0) is 49.6 Å². The van der Waals surface area contributed by atoms with Crippen molar-refractivity contribution in [3.8, 4) is 0 Å². The first-order valence-corrected chi connectivity index (χ1v) is 12.2. The summed E-state index contributed by atoms with van der Waals surface area (Å²) in [5, 5.41) is 3.68. The summed E-state index contributed by atoms with van der Waals surface area (Å²) in [5.41, 5.74) is 3.25. The van der Waals surface area contributed by atoms with Crippen LogP contribution >= 0.6 is 0 Å². The Morgan fingerprint density at radius 3 is 2.41 bits per heavy atom. The molecule has 0 aliphatic rings. The van der Waals surface area contributed by atoms with E-state index < -0.39 is 17.7 Å². The van der Waals surface area contributed by atoms with E-state index in [-0.39, 0.29) is 24.2 Å². The Labute approximate surface area is 214 Å². The zero-order valence-electron chi connectivity index (χ0n) is 20.9. The number of anilines is 1. The number of aromatic amines is 1. The molecular weight excluding hydrogens is 474 g/mol. The van der Waals surface area contributed by atoms with Crippen LogP contribution in [-0.4, -0.2) is 45.9 Å². The second-order valence-electron chi connectivity index (χ2n) is 9.19. The molecule has 1 aromatic heterocycles. The van der Waals surface area contributed by atoms with Gasteiger partial charge in [-0.2, -0.15) is 0 Å². The maximum absolute atomic E-state index is 13.6. The lowest BCUT2D eigenvalue weighted by atomic mass is 10.1. The molecule has 0 saturated carbocycles. The highest BCUT2D eigenvalue weighted by Gasteiger charge is 2.24. The first-order valence-electron chi connectivity index (χ1n) is 12.2. The van der Waals surface area contributed by atoms with Gasteiger partial charge in [-0.1, -0.05) is 48.5 Å². The van der Waals surface area contributed by atoms with E-state index in [0.29, 0.717) is 19.5 Å². The summed E-state index contributed by atoms with van der Waals surface area (Å²) in [5.74, 6) is -2.27. The van der Waals surface area contributed by atoms with Crippen molar-refractivity contribution in [3.05, 3.63) is 102 Å². The Hall–Kier alpha value is -4.20. The molecule has 0 aliphatic heterocycles. The van der Waals surface area contributed by atoms with Crippen LogP contribution in [0, 0.1) is 11.6 Å². The Bertz CT molecular complexity index is 1370. The summed E-state index contributed by atoms with van der Waals surface area (Å²) in [6, 6.07) is 20.0. The molecule has 4 rings (SSSR count). The number of amides is 3. The lowest BCUT2D eigenvalue weighted by molar-refractivity contribution is -0.132. The van der Waals surface area contributed by atoms with Gasteiger partial charge < -0.3 is 20.1 Å². The standard InChI is InChI=1S/C29H30F2N4O2/c1-20(2)35(29(37)33-23-12-13-25(30)26(31)16-23)19-28(36)34(18-21-8-4-3-5-9-21)15-14-22-17-32-27-11-7-6-10-24(22)27/h3-13,16-17,20,32H,14-15,18-19H2,1-2H3,(H,33,37). The Morgan fingerprint density at radius 2 is 1.68 bits per heavy atom. The van der Waals surface area contributed by atoms with Crippen LogP contribution in [0.3, 0.4) is 0 Å². The molecule has 0 atom stereocenters. The molecule has 8 heteroatoms. The van der Waals surface area contributed by atoms with Gasteiger partial charge in [0.25, 0.3) is 0 Å². The Balaban J connectivity index is 1.49. The number of urea groups is 1. The number of para-hydroxylation sites is 1. The van der Waals surface area contributed by atoms with Crippen LogP contribution in [0.1, 0.15) is 25.0 Å². The Morgan fingerprint density at radius 1 is 0.946 bits per heavy atom. The first-order chi connectivity index (χ1) is 17.8. The molecule has 37 heavy (non-hydrogen) atoms. The van der Waals surface area contributed by atoms with E-state index in [1.165, 1.54) is 11.0 Å². The van der Waals surface area contributed by atoms with Crippen LogP contribution in [-0.2, 0) is 17.8 Å². The van der Waals surface area contributed by atoms with Gasteiger partial charge in [0.15, 0.2) is 11.6 Å². The maximum atomic E-state index is 13.6. The molecule has 6 nitrogen and oxygen atoms in total. The Kier molecular flexibility index (Phi) is 8.18. The smallest absolute Gasteiger partial charge is 0.322 e. The molecule has 0 saturated heterocycles. The summed E-state index contributed by atoms with van der Waals surface area (Å²) in [4.78, 5) is 32.9. The number of hydrogen-bond acceptors (Lipinski definition) is 2. The zero-order valence-corrected chi connectivity index (χ0v) is 20.9. The lowest BCUT2D eigenvalue weighted by Gasteiger charge is -2.30. The van der Waals surface area contributed by atoms with Gasteiger partial charge in [-0.3, -0.25) is 4.79 Å². The molecule has 3 aromatic carbocycles. The summed E-state index contributed by atoms with van der Waals surface area (Å²) in [7, 11) is 0. The largest absolute Gasteiger partial charge is 0.361 e. The van der Waals surface area contributed by atoms with E-state index in [1.54, 1.807) is 18.7 Å². The molecule has 3 amide bonds. The van der Waals surface area contributed by atoms with Crippen LogP contribution < -0.4 is 5.32 Å². The van der Waals surface area contributed by atoms with Gasteiger partial charge in [0.1, 0.15) is 6.54 Å². The summed E-state index contributed by atoms with van der Waals surface area (Å²) in [6.45, 7) is 4.30. The van der Waals surface area contributed by atoms with Crippen molar-refractivity contribution in [2.24, 2.45) is 0 Å². The number of H-pyrrole nitrogens is 1. The van der Waals surface area contributed by atoms with Gasteiger partial charge in [0, 0.05) is 48.0 Å². The van der Waals surface area contributed by atoms with Crippen molar-refractivity contribution in [1.82, 2.24) is 14.8 Å². The topological polar surface area (TPSA) is 68.4 Å². The molecule has 0 radical (unpaired) electrons. The summed E-state index contributed by atoms with van der Waals surface area (Å²) >= 11 is 0. The molecule has 192 valence electrons. The van der Waals surface area contributed by atoms with Crippen LogP contribution in [0.4, 0.5) is 19.3 Å². The monoisotopic (exact) mass is 504 g/mol. The number of nitrogens with zero attached hydrogens (tertiary/aromatic N) is 2. The minimum absolute atomic E-state index is 0.113. The third-order valence-corrected chi connectivity index (χ3v) is 6.26. The number of nitrogens with one attached hydrogen (secondary N) is 2. The summed E-state index contributed by atoms with van der Waals surface area (Å²) < 4.78 is 26.9. The van der Waals surface area contributed by atoms with E-state index in [9.17, 15) is 18.4 Å². The number of rotatable bonds is 9. The molecule has 1 heterocycles. The fourth-order valence-corrected chi connectivity index (χ4v) is 4.19. The molecule has 4 aromatic rings. The average Bonchev–Trinajstić information content (AvgIpc) is 3.30. The fraction of sp³-hybridized carbons (Fsp3) is 0.241. The van der Waals surface area contributed by atoms with E-state index in [2.05, 4.69) is 10.3 Å². The number of carbonyl (C=O) groups excluding carboxylic acids is 2. The van der Waals surface area contributed by atoms with Crippen LogP contribution in [0.2, 0.25) is 0 Å². The van der Waals surface area contributed by atoms with Crippen LogP contribution in [0.25, 0.3) is 10.9 Å². The van der Waals surface area contributed by atoms with Crippen molar-refractivity contribution < 1.29 is 18.4 Å². The second kappa shape index (κ2) is 11.7. The SMILES string of the molecule is CC(C)N(CC(=O)N(CCc1c[nH]c2ccccc12)Cc1ccccc1)C(=O)Nc1ccc(F)c(F)c1. The fourth-order valence-electron chi connectivity index (χ4n) is 4.19. The number of halogens is 2. The van der Waals surface area contributed by atoms with E-state index in [4.69, 9.17) is 0 Å². The molecule has 0 unspecified atom stereocenters. The first kappa shape index (κ1) is 25.9. The normalized spacial score (nSPS) is 11.1. The minimum Gasteiger partial charge on any atom is -0.361 e. The van der Waals surface area contributed by atoms with E-state index in [1.807, 2.05) is 60.8 Å². The number of hydrogen-bond donors (Lipinski definition) is 2. The zero-order chi connectivity index (χ0) is 26.4. The molecule has 0 fully saturated rings. The maximum Gasteiger partial charge on any atom is 0.322 e. The highest BCUT2D eigenvalue weighted by molar-refractivity contribution is 5.92. The third-order valence-electron chi connectivity index (χ3n) is 6.26. The highest BCUT2D eigenvalue weighted by Crippen LogP contribution is 2.19. The predicted octanol–water partition coefficient (Wildman–Crippen LogP) is 5.96. The summed E-state index contributed by atoms with van der Waals surface area (Å²) in [6.07, 6.45) is 2.61. The van der Waals surface area contributed by atoms with Crippen LogP contribution in [0.5, 0.6) is 0 Å². The van der Waals surface area contributed by atoms with Crippen molar-refractivity contribution >= 4 is 28.5 Å². The molecular formula is C29H30F2N4O2. The number of aromatic nitrogens is 1. The van der Waals surface area contributed by atoms with Gasteiger partial charge >= 0.3 is 6.03 Å². The number of carbonyl (C=O) groups is 2. The molecule has 0 spiro atoms. The number of fused-ring (bicyclic) bond motifs is 1. The molecule has 0 bridgehead atoms. The van der Waals surface area contributed by atoms with Gasteiger partial charge in [0.05, 0.1) is 0 Å². The third kappa shape index (κ3) is 6.52. The highest BCUT2D eigenvalue weighted by atomic mass is 19.2. The van der Waals surface area contributed by atoms with Crippen molar-refractivity contribution in [2.75, 3.05) is 18.4 Å². The number of benzene rings is 3. The van der Waals surface area contributed by atoms with Gasteiger partial charge in [-0.25, -0.2) is 13.6 Å². The van der Waals surface area contributed by atoms with Crippen molar-refractivity contribution in [3.63, 3.8) is 0 Å². The van der Waals surface area contributed by atoms with E-state index >= 15 is 0 Å². The lowest BCUT2D eigenvalue weighted by Crippen LogP contribution is -2.47. The molecule has 0 aliphatic carbocycles. The van der Waals surface area contributed by atoms with Gasteiger partial charge in [0.2, 0.25) is 5.91 Å². The van der Waals surface area contributed by atoms with Crippen molar-refractivity contribution in [2.45, 2.75) is 32.9 Å². The minimum atomic E-state index is -1.06. The van der Waals surface area contributed by atoms with Gasteiger partial charge in [-0.15, -0.1) is 0 Å². The second-order valence-corrected chi connectivity index (χ2v) is 9.19. The quantitative estimate of drug-likeness (QED) is 0.295. The van der Waals surface area contributed by atoms with Crippen LogP contribution in [0.15, 0.2) is 79.0 Å². The average molecular weight is 505 g/mol. The van der Waals surface area contributed by atoms with Crippen molar-refractivity contribution in [1.29, 1.82) is 0 Å². The van der Waals surface area contributed by atoms with E-state index in [0.717, 1.165) is 34.2 Å². The predicted molar refractivity (Wildman–Crippen MR) is 141 cm³/mol. The molecule has 2 N–H and O–H groups in total.